The monoisotopic (exact) mass is 292 g/mol. The molecule has 0 spiro atoms. The predicted octanol–water partition coefficient (Wildman–Crippen LogP) is 1.17. The topological polar surface area (TPSA) is 68.5 Å². The van der Waals surface area contributed by atoms with Gasteiger partial charge in [-0.25, -0.2) is 0 Å². The first-order chi connectivity index (χ1) is 10.0. The number of rotatable bonds is 7. The molecule has 0 aliphatic carbocycles. The number of hydrogen-bond donors (Lipinski definition) is 1. The number of ether oxygens (including phenoxy) is 1. The minimum atomic E-state index is 0.0128. The molecule has 1 fully saturated rings. The second-order valence-electron chi connectivity index (χ2n) is 5.87. The van der Waals surface area contributed by atoms with Gasteiger partial charge in [-0.3, -0.25) is 14.5 Å². The SMILES string of the molecule is CC(CN=COC(C)C1CNC(=O)C1)Cc1ccn(C)n1. The Bertz CT molecular complexity index is 498. The Morgan fingerprint density at radius 3 is 3.05 bits per heavy atom. The third kappa shape index (κ3) is 4.88. The van der Waals surface area contributed by atoms with Crippen molar-refractivity contribution in [2.45, 2.75) is 32.8 Å². The second kappa shape index (κ2) is 7.24. The molecular formula is C15H24N4O2. The van der Waals surface area contributed by atoms with Crippen molar-refractivity contribution in [1.82, 2.24) is 15.1 Å². The van der Waals surface area contributed by atoms with Crippen LogP contribution in [-0.2, 0) is 23.0 Å². The van der Waals surface area contributed by atoms with Crippen molar-refractivity contribution in [3.8, 4) is 0 Å². The molecule has 2 rings (SSSR count). The molecule has 0 bridgehead atoms. The highest BCUT2D eigenvalue weighted by atomic mass is 16.5. The quantitative estimate of drug-likeness (QED) is 0.606. The van der Waals surface area contributed by atoms with Gasteiger partial charge in [0.1, 0.15) is 6.10 Å². The van der Waals surface area contributed by atoms with Gasteiger partial charge in [0.15, 0.2) is 6.40 Å². The van der Waals surface area contributed by atoms with Crippen molar-refractivity contribution in [3.05, 3.63) is 18.0 Å². The Hall–Kier alpha value is -1.85. The molecule has 0 radical (unpaired) electrons. The van der Waals surface area contributed by atoms with E-state index in [0.717, 1.165) is 12.1 Å². The van der Waals surface area contributed by atoms with Gasteiger partial charge in [-0.05, 0) is 25.3 Å². The van der Waals surface area contributed by atoms with Gasteiger partial charge in [-0.2, -0.15) is 5.10 Å². The molecule has 3 atom stereocenters. The standard InChI is InChI=1S/C15H24N4O2/c1-11(6-14-4-5-19(3)18-14)8-16-10-21-12(2)13-7-15(20)17-9-13/h4-5,10-13H,6-9H2,1-3H3,(H,17,20). The number of nitrogens with one attached hydrogen (secondary N) is 1. The van der Waals surface area contributed by atoms with Crippen LogP contribution >= 0.6 is 0 Å². The molecule has 1 aliphatic heterocycles. The van der Waals surface area contributed by atoms with E-state index in [1.54, 1.807) is 0 Å². The van der Waals surface area contributed by atoms with Gasteiger partial charge in [-0.15, -0.1) is 0 Å². The summed E-state index contributed by atoms with van der Waals surface area (Å²) in [4.78, 5) is 15.5. The average Bonchev–Trinajstić information content (AvgIpc) is 3.03. The van der Waals surface area contributed by atoms with Crippen molar-refractivity contribution in [2.24, 2.45) is 23.9 Å². The number of nitrogens with zero attached hydrogens (tertiary/aromatic N) is 3. The molecule has 1 aromatic rings. The largest absolute Gasteiger partial charge is 0.480 e. The van der Waals surface area contributed by atoms with Crippen LogP contribution in [0.5, 0.6) is 0 Å². The lowest BCUT2D eigenvalue weighted by Crippen LogP contribution is -2.22. The number of carbonyl (C=O) groups is 1. The smallest absolute Gasteiger partial charge is 0.220 e. The maximum Gasteiger partial charge on any atom is 0.220 e. The molecule has 3 unspecified atom stereocenters. The zero-order valence-corrected chi connectivity index (χ0v) is 13.0. The van der Waals surface area contributed by atoms with E-state index >= 15 is 0 Å². The van der Waals surface area contributed by atoms with Gasteiger partial charge < -0.3 is 10.1 Å². The van der Waals surface area contributed by atoms with Crippen LogP contribution in [0.3, 0.4) is 0 Å². The van der Waals surface area contributed by atoms with Crippen LogP contribution in [0, 0.1) is 11.8 Å². The fourth-order valence-electron chi connectivity index (χ4n) is 2.43. The summed E-state index contributed by atoms with van der Waals surface area (Å²) in [6.07, 6.45) is 4.95. The van der Waals surface area contributed by atoms with Gasteiger partial charge in [0.2, 0.25) is 5.91 Å². The van der Waals surface area contributed by atoms with E-state index in [1.807, 2.05) is 30.9 Å². The van der Waals surface area contributed by atoms with Crippen LogP contribution in [0.15, 0.2) is 17.3 Å². The minimum absolute atomic E-state index is 0.0128. The molecule has 6 nitrogen and oxygen atoms in total. The Balaban J connectivity index is 1.66. The molecule has 0 saturated carbocycles. The highest BCUT2D eigenvalue weighted by Crippen LogP contribution is 2.15. The first-order valence-corrected chi connectivity index (χ1v) is 7.43. The average molecular weight is 292 g/mol. The highest BCUT2D eigenvalue weighted by Gasteiger charge is 2.27. The zero-order valence-electron chi connectivity index (χ0n) is 13.0. The lowest BCUT2D eigenvalue weighted by atomic mass is 10.0. The van der Waals surface area contributed by atoms with Gasteiger partial charge in [0, 0.05) is 38.7 Å². The van der Waals surface area contributed by atoms with E-state index in [1.165, 1.54) is 6.40 Å². The van der Waals surface area contributed by atoms with E-state index in [2.05, 4.69) is 22.3 Å². The van der Waals surface area contributed by atoms with Crippen LogP contribution in [0.1, 0.15) is 26.0 Å². The maximum absolute atomic E-state index is 11.1. The highest BCUT2D eigenvalue weighted by molar-refractivity contribution is 5.78. The van der Waals surface area contributed by atoms with E-state index in [9.17, 15) is 4.79 Å². The molecule has 6 heteroatoms. The fraction of sp³-hybridized carbons (Fsp3) is 0.667. The number of carbonyl (C=O) groups excluding carboxylic acids is 1. The number of amides is 1. The van der Waals surface area contributed by atoms with Crippen molar-refractivity contribution in [2.75, 3.05) is 13.1 Å². The summed E-state index contributed by atoms with van der Waals surface area (Å²) in [5.74, 6) is 0.774. The van der Waals surface area contributed by atoms with Crippen molar-refractivity contribution < 1.29 is 9.53 Å². The third-order valence-corrected chi connectivity index (χ3v) is 3.77. The number of aliphatic imine (C=N–C) groups is 1. The maximum atomic E-state index is 11.1. The van der Waals surface area contributed by atoms with E-state index in [4.69, 9.17) is 4.74 Å². The molecule has 1 N–H and O–H groups in total. The molecule has 0 aromatic carbocycles. The number of hydrogen-bond acceptors (Lipinski definition) is 4. The number of aromatic nitrogens is 2. The Labute approximate surface area is 125 Å². The Morgan fingerprint density at radius 2 is 2.43 bits per heavy atom. The summed E-state index contributed by atoms with van der Waals surface area (Å²) >= 11 is 0. The van der Waals surface area contributed by atoms with Crippen LogP contribution in [-0.4, -0.2) is 41.3 Å². The Morgan fingerprint density at radius 1 is 1.62 bits per heavy atom. The lowest BCUT2D eigenvalue weighted by Gasteiger charge is -2.16. The second-order valence-corrected chi connectivity index (χ2v) is 5.87. The molecule has 1 saturated heterocycles. The van der Waals surface area contributed by atoms with Gasteiger partial charge in [0.05, 0.1) is 5.69 Å². The van der Waals surface area contributed by atoms with Crippen LogP contribution < -0.4 is 5.32 Å². The summed E-state index contributed by atoms with van der Waals surface area (Å²) < 4.78 is 7.39. The van der Waals surface area contributed by atoms with Crippen molar-refractivity contribution in [1.29, 1.82) is 0 Å². The van der Waals surface area contributed by atoms with Crippen LogP contribution in [0.4, 0.5) is 0 Å². The molecule has 21 heavy (non-hydrogen) atoms. The van der Waals surface area contributed by atoms with Gasteiger partial charge in [-0.1, -0.05) is 6.92 Å². The van der Waals surface area contributed by atoms with E-state index in [0.29, 0.717) is 25.4 Å². The first kappa shape index (κ1) is 15.5. The van der Waals surface area contributed by atoms with E-state index < -0.39 is 0 Å². The Kier molecular flexibility index (Phi) is 5.36. The summed E-state index contributed by atoms with van der Waals surface area (Å²) in [5, 5.41) is 7.18. The molecule has 2 heterocycles. The molecule has 1 aromatic heterocycles. The number of aryl methyl sites for hydroxylation is 1. The summed E-state index contributed by atoms with van der Waals surface area (Å²) in [7, 11) is 1.92. The summed E-state index contributed by atoms with van der Waals surface area (Å²) in [5.41, 5.74) is 1.09. The zero-order chi connectivity index (χ0) is 15.2. The molecule has 1 aliphatic rings. The lowest BCUT2D eigenvalue weighted by molar-refractivity contribution is -0.119. The predicted molar refractivity (Wildman–Crippen MR) is 81.1 cm³/mol. The van der Waals surface area contributed by atoms with Crippen molar-refractivity contribution >= 4 is 12.3 Å². The van der Waals surface area contributed by atoms with Gasteiger partial charge in [0.25, 0.3) is 0 Å². The summed E-state index contributed by atoms with van der Waals surface area (Å²) in [6, 6.07) is 2.03. The van der Waals surface area contributed by atoms with Gasteiger partial charge >= 0.3 is 0 Å². The minimum Gasteiger partial charge on any atom is -0.480 e. The van der Waals surface area contributed by atoms with Crippen LogP contribution in [0.2, 0.25) is 0 Å². The summed E-state index contributed by atoms with van der Waals surface area (Å²) in [6.45, 7) is 5.54. The van der Waals surface area contributed by atoms with Crippen LogP contribution in [0.25, 0.3) is 0 Å². The van der Waals surface area contributed by atoms with Crippen molar-refractivity contribution in [3.63, 3.8) is 0 Å². The molecular weight excluding hydrogens is 268 g/mol. The third-order valence-electron chi connectivity index (χ3n) is 3.77. The molecule has 116 valence electrons. The normalized spacial score (nSPS) is 21.5. The first-order valence-electron chi connectivity index (χ1n) is 7.43. The fourth-order valence-corrected chi connectivity index (χ4v) is 2.43. The van der Waals surface area contributed by atoms with E-state index in [-0.39, 0.29) is 17.9 Å². The molecule has 1 amide bonds.